The van der Waals surface area contributed by atoms with Crippen LogP contribution < -0.4 is 0 Å². The molecule has 0 aromatic rings. The van der Waals surface area contributed by atoms with E-state index in [-0.39, 0.29) is 29.2 Å². The van der Waals surface area contributed by atoms with Gasteiger partial charge in [0.1, 0.15) is 0 Å². The molecule has 1 atom stereocenters. The first kappa shape index (κ1) is 13.3. The number of rotatable bonds is 5. The van der Waals surface area contributed by atoms with Crippen molar-refractivity contribution in [3.05, 3.63) is 0 Å². The van der Waals surface area contributed by atoms with Crippen LogP contribution in [-0.4, -0.2) is 34.3 Å². The van der Waals surface area contributed by atoms with Crippen molar-refractivity contribution in [1.82, 2.24) is 0 Å². The molecule has 0 bridgehead atoms. The second-order valence-electron chi connectivity index (χ2n) is 2.56. The van der Waals surface area contributed by atoms with Gasteiger partial charge < -0.3 is 5.11 Å². The van der Waals surface area contributed by atoms with Crippen molar-refractivity contribution in [2.45, 2.75) is 52.1 Å². The molecule has 0 aromatic heterocycles. The third-order valence-corrected chi connectivity index (χ3v) is 1.61. The predicted molar refractivity (Wildman–Crippen MR) is 49.0 cm³/mol. The fraction of sp³-hybridized carbons (Fsp3) is 1.00. The van der Waals surface area contributed by atoms with E-state index in [0.29, 0.717) is 0 Å². The third-order valence-electron chi connectivity index (χ3n) is 1.61. The molecule has 0 aliphatic heterocycles. The number of aliphatic hydroxyl groups is 1. The maximum atomic E-state index is 9.08. The van der Waals surface area contributed by atoms with Gasteiger partial charge in [-0.25, -0.2) is 0 Å². The van der Waals surface area contributed by atoms with Crippen LogP contribution in [0.25, 0.3) is 0 Å². The molecule has 0 radical (unpaired) electrons. The molecule has 1 unspecified atom stereocenters. The summed E-state index contributed by atoms with van der Waals surface area (Å²) in [6, 6.07) is 0. The van der Waals surface area contributed by atoms with Crippen molar-refractivity contribution in [2.24, 2.45) is 0 Å². The molecule has 2 heteroatoms. The molecule has 60 valence electrons. The van der Waals surface area contributed by atoms with E-state index in [4.69, 9.17) is 5.11 Å². The third kappa shape index (κ3) is 8.73. The van der Waals surface area contributed by atoms with E-state index in [1.165, 1.54) is 19.3 Å². The average molecular weight is 157 g/mol. The van der Waals surface area contributed by atoms with Crippen molar-refractivity contribution < 1.29 is 5.11 Å². The van der Waals surface area contributed by atoms with E-state index >= 15 is 0 Å². The van der Waals surface area contributed by atoms with Crippen LogP contribution in [-0.2, 0) is 0 Å². The lowest BCUT2D eigenvalue weighted by molar-refractivity contribution is 0.156. The molecule has 0 saturated carbocycles. The minimum atomic E-state index is -0.0449. The van der Waals surface area contributed by atoms with Crippen LogP contribution in [0.2, 0.25) is 0 Å². The van der Waals surface area contributed by atoms with Crippen LogP contribution in [0.5, 0.6) is 0 Å². The quantitative estimate of drug-likeness (QED) is 0.472. The Labute approximate surface area is 80.4 Å². The first-order valence-corrected chi connectivity index (χ1v) is 3.99. The van der Waals surface area contributed by atoms with Gasteiger partial charge in [0.15, 0.2) is 0 Å². The minimum absolute atomic E-state index is 0. The summed E-state index contributed by atoms with van der Waals surface area (Å²) in [5.41, 5.74) is 0. The minimum Gasteiger partial charge on any atom is -0.393 e. The molecule has 1 nitrogen and oxygen atoms in total. The molecule has 1 N–H and O–H groups in total. The number of hydrogen-bond acceptors (Lipinski definition) is 1. The zero-order chi connectivity index (χ0) is 7.11. The molecular formula is C8H20MgO. The van der Waals surface area contributed by atoms with E-state index in [9.17, 15) is 0 Å². The molecule has 0 aliphatic rings. The highest BCUT2D eigenvalue weighted by molar-refractivity contribution is 5.75. The van der Waals surface area contributed by atoms with Gasteiger partial charge in [0.2, 0.25) is 0 Å². The SMILES string of the molecule is CCCCCC(O)CC.[MgH2]. The smallest absolute Gasteiger partial charge is 0.316 e. The number of unbranched alkanes of at least 4 members (excludes halogenated alkanes) is 2. The fourth-order valence-electron chi connectivity index (χ4n) is 0.834. The highest BCUT2D eigenvalue weighted by Gasteiger charge is 1.97. The van der Waals surface area contributed by atoms with E-state index in [0.717, 1.165) is 12.8 Å². The Morgan fingerprint density at radius 2 is 1.80 bits per heavy atom. The standard InChI is InChI=1S/C8H18O.Mg.2H/c1-3-5-6-7-8(9)4-2;;;/h8-9H,3-7H2,1-2H3;;;. The van der Waals surface area contributed by atoms with Gasteiger partial charge in [0, 0.05) is 0 Å². The Balaban J connectivity index is 0. The molecule has 0 saturated heterocycles. The molecule has 0 aliphatic carbocycles. The van der Waals surface area contributed by atoms with Crippen LogP contribution in [0.3, 0.4) is 0 Å². The fourth-order valence-corrected chi connectivity index (χ4v) is 0.834. The first-order chi connectivity index (χ1) is 4.31. The zero-order valence-electron chi connectivity index (χ0n) is 6.56. The van der Waals surface area contributed by atoms with Gasteiger partial charge in [-0.15, -0.1) is 0 Å². The Morgan fingerprint density at radius 3 is 2.20 bits per heavy atom. The highest BCUT2D eigenvalue weighted by Crippen LogP contribution is 2.04. The van der Waals surface area contributed by atoms with E-state index in [2.05, 4.69) is 6.92 Å². The summed E-state index contributed by atoms with van der Waals surface area (Å²) >= 11 is 0. The molecule has 10 heavy (non-hydrogen) atoms. The van der Waals surface area contributed by atoms with Crippen molar-refractivity contribution in [3.63, 3.8) is 0 Å². The number of aliphatic hydroxyl groups excluding tert-OH is 1. The maximum Gasteiger partial charge on any atom is 0.316 e. The van der Waals surface area contributed by atoms with E-state index < -0.39 is 0 Å². The largest absolute Gasteiger partial charge is 0.393 e. The summed E-state index contributed by atoms with van der Waals surface area (Å²) in [6.45, 7) is 4.20. The summed E-state index contributed by atoms with van der Waals surface area (Å²) in [4.78, 5) is 0. The van der Waals surface area contributed by atoms with Crippen LogP contribution >= 0.6 is 0 Å². The van der Waals surface area contributed by atoms with Crippen molar-refractivity contribution in [2.75, 3.05) is 0 Å². The zero-order valence-corrected chi connectivity index (χ0v) is 6.56. The normalized spacial score (nSPS) is 12.3. The van der Waals surface area contributed by atoms with Crippen molar-refractivity contribution in [3.8, 4) is 0 Å². The van der Waals surface area contributed by atoms with Gasteiger partial charge in [-0.3, -0.25) is 0 Å². The molecular weight excluding hydrogens is 136 g/mol. The number of hydrogen-bond donors (Lipinski definition) is 1. The van der Waals surface area contributed by atoms with E-state index in [1.807, 2.05) is 6.92 Å². The summed E-state index contributed by atoms with van der Waals surface area (Å²) in [6.07, 6.45) is 5.55. The Kier molecular flexibility index (Phi) is 13.0. The lowest BCUT2D eigenvalue weighted by Crippen LogP contribution is -2.02. The van der Waals surface area contributed by atoms with Crippen LogP contribution in [0.4, 0.5) is 0 Å². The second kappa shape index (κ2) is 9.73. The molecule has 0 rings (SSSR count). The summed E-state index contributed by atoms with van der Waals surface area (Å²) in [5.74, 6) is 0. The predicted octanol–water partition coefficient (Wildman–Crippen LogP) is 1.42. The first-order valence-electron chi connectivity index (χ1n) is 3.99. The topological polar surface area (TPSA) is 20.2 Å². The maximum absolute atomic E-state index is 9.08. The van der Waals surface area contributed by atoms with Gasteiger partial charge >= 0.3 is 23.1 Å². The van der Waals surface area contributed by atoms with Crippen molar-refractivity contribution in [1.29, 1.82) is 0 Å². The van der Waals surface area contributed by atoms with Gasteiger partial charge in [0.05, 0.1) is 6.10 Å². The monoisotopic (exact) mass is 156 g/mol. The molecule has 0 heterocycles. The lowest BCUT2D eigenvalue weighted by atomic mass is 10.1. The van der Waals surface area contributed by atoms with Crippen molar-refractivity contribution >= 4 is 23.1 Å². The summed E-state index contributed by atoms with van der Waals surface area (Å²) in [5, 5.41) is 9.08. The molecule has 0 fully saturated rings. The average Bonchev–Trinajstić information content (AvgIpc) is 1.89. The molecule has 0 spiro atoms. The van der Waals surface area contributed by atoms with Crippen LogP contribution in [0.1, 0.15) is 46.0 Å². The Hall–Kier alpha value is 0.726. The summed E-state index contributed by atoms with van der Waals surface area (Å²) in [7, 11) is 0. The van der Waals surface area contributed by atoms with Gasteiger partial charge in [-0.1, -0.05) is 33.1 Å². The highest BCUT2D eigenvalue weighted by atomic mass is 24.3. The van der Waals surface area contributed by atoms with Gasteiger partial charge in [0.25, 0.3) is 0 Å². The van der Waals surface area contributed by atoms with E-state index in [1.54, 1.807) is 0 Å². The van der Waals surface area contributed by atoms with Gasteiger partial charge in [-0.2, -0.15) is 0 Å². The van der Waals surface area contributed by atoms with Crippen LogP contribution in [0, 0.1) is 0 Å². The lowest BCUT2D eigenvalue weighted by Gasteiger charge is -2.04. The molecule has 0 amide bonds. The summed E-state index contributed by atoms with van der Waals surface area (Å²) < 4.78 is 0. The van der Waals surface area contributed by atoms with Crippen LogP contribution in [0.15, 0.2) is 0 Å². The molecule has 0 aromatic carbocycles. The second-order valence-corrected chi connectivity index (χ2v) is 2.56. The Morgan fingerprint density at radius 1 is 1.20 bits per heavy atom. The van der Waals surface area contributed by atoms with Gasteiger partial charge in [-0.05, 0) is 12.8 Å². The Bertz CT molecular complexity index is 57.2.